The van der Waals surface area contributed by atoms with Gasteiger partial charge in [0, 0.05) is 56.4 Å². The number of aliphatic hydroxyl groups is 2. The fraction of sp³-hybridized carbons (Fsp3) is 0.589. The number of ether oxygens (including phenoxy) is 2. The minimum atomic E-state index is -1.81. The third kappa shape index (κ3) is 14.2. The smallest absolute Gasteiger partial charge is 0.248 e. The molecule has 2 fully saturated rings. The Bertz CT molecular complexity index is 2540. The number of nitrogens with one attached hydrogen (secondary N) is 5. The van der Waals surface area contributed by atoms with E-state index in [1.165, 1.54) is 33.0 Å². The van der Waals surface area contributed by atoms with Gasteiger partial charge < -0.3 is 60.6 Å². The number of para-hydroxylation sites is 1. The Kier molecular flexibility index (Phi) is 20.4. The molecule has 19 nitrogen and oxygen atoms in total. The molecule has 0 bridgehead atoms. The maximum atomic E-state index is 15.4. The lowest BCUT2D eigenvalue weighted by atomic mass is 9.94. The second-order valence-electron chi connectivity index (χ2n) is 22.1. The van der Waals surface area contributed by atoms with E-state index in [0.717, 1.165) is 16.0 Å². The van der Waals surface area contributed by atoms with Crippen LogP contribution in [0.15, 0.2) is 72.4 Å². The first kappa shape index (κ1) is 59.7. The SMILES string of the molecule is CO[C@H](c1ccccc1)C1NC(=O)[C@H](C)NC(=O)[C@H](C[C@@H](C)CO)N(C)C(=O)[C@H]([C@H](O)c2cn(C(C)(C)[C@@H]3CO3)c3ccccc23)NC(=O)C([C@H](C)C=C(C)C)NC(=O)[C@H](CC(C)C)N(C)C(=O)[C@H](C(C)C)NC1=O. The molecule has 0 radical (unpaired) electrons. The van der Waals surface area contributed by atoms with Crippen LogP contribution in [0.3, 0.4) is 0 Å². The molecule has 2 saturated heterocycles. The van der Waals surface area contributed by atoms with Crippen molar-refractivity contribution in [1.29, 1.82) is 0 Å². The molecule has 2 unspecified atom stereocenters. The molecule has 412 valence electrons. The minimum Gasteiger partial charge on any atom is -0.396 e. The van der Waals surface area contributed by atoms with E-state index in [-0.39, 0.29) is 37.0 Å². The number of aliphatic hydroxyl groups excluding tert-OH is 2. The van der Waals surface area contributed by atoms with Crippen LogP contribution in [-0.4, -0.2) is 149 Å². The summed E-state index contributed by atoms with van der Waals surface area (Å²) in [6.45, 7) is 19.8. The normalized spacial score (nSPS) is 25.9. The van der Waals surface area contributed by atoms with E-state index in [9.17, 15) is 34.2 Å². The first-order valence-electron chi connectivity index (χ1n) is 26.0. The van der Waals surface area contributed by atoms with E-state index >= 15 is 9.59 Å². The summed E-state index contributed by atoms with van der Waals surface area (Å²) in [6.07, 6.45) is 0.516. The number of hydrogen-bond donors (Lipinski definition) is 7. The maximum Gasteiger partial charge on any atom is 0.248 e. The van der Waals surface area contributed by atoms with Crippen molar-refractivity contribution in [3.8, 4) is 0 Å². The fourth-order valence-corrected chi connectivity index (χ4v) is 9.86. The van der Waals surface area contributed by atoms with E-state index in [4.69, 9.17) is 9.47 Å². The predicted octanol–water partition coefficient (Wildman–Crippen LogP) is 3.63. The zero-order chi connectivity index (χ0) is 55.8. The molecule has 0 spiro atoms. The van der Waals surface area contributed by atoms with Crippen molar-refractivity contribution in [3.05, 3.63) is 83.6 Å². The molecule has 12 atom stereocenters. The van der Waals surface area contributed by atoms with Gasteiger partial charge in [0.2, 0.25) is 41.4 Å². The summed E-state index contributed by atoms with van der Waals surface area (Å²) in [6, 6.07) is 6.13. The number of carbonyl (C=O) groups is 7. The largest absolute Gasteiger partial charge is 0.396 e. The molecule has 0 saturated carbocycles. The summed E-state index contributed by atoms with van der Waals surface area (Å²) in [7, 11) is 4.16. The van der Waals surface area contributed by atoms with Crippen LogP contribution in [0.4, 0.5) is 0 Å². The average molecular weight is 1040 g/mol. The van der Waals surface area contributed by atoms with Crippen molar-refractivity contribution >= 4 is 52.3 Å². The third-order valence-corrected chi connectivity index (χ3v) is 14.5. The van der Waals surface area contributed by atoms with Crippen molar-refractivity contribution < 1.29 is 53.2 Å². The number of nitrogens with zero attached hydrogens (tertiary/aromatic N) is 3. The molecule has 3 aromatic rings. The Balaban J connectivity index is 1.73. The molecule has 7 N–H and O–H groups in total. The fourth-order valence-electron chi connectivity index (χ4n) is 9.86. The van der Waals surface area contributed by atoms with Crippen LogP contribution in [0.2, 0.25) is 0 Å². The number of methoxy groups -OCH3 is 1. The van der Waals surface area contributed by atoms with Crippen molar-refractivity contribution in [3.63, 3.8) is 0 Å². The standard InChI is InChI=1S/C56H82N8O11/c1-30(2)24-34(8)44-52(70)60-45(47(66)38-27-64(56(10,11)42-29-75-42)39-23-19-18-22-37(38)39)55(73)63(13)41(26-33(7)28-65)50(68)57-35(9)49(67)61-46(48(74-14)36-20-16-15-17-21-36)53(71)58-43(32(5)6)54(72)62(12)40(25-31(3)4)51(69)59-44/h15-24,27,31-35,40-48,65-66H,25-26,28-29H2,1-14H3,(H,57,68)(H,58,71)(H,59,69)(H,60,70)(H,61,67)/t33-,34-,35+,40+,41+,42+,43+,44?,45+,46?,47-,48-/m1/s1. The lowest BCUT2D eigenvalue weighted by Gasteiger charge is -2.36. The van der Waals surface area contributed by atoms with Crippen molar-refractivity contribution in [2.24, 2.45) is 23.7 Å². The molecule has 7 amide bonds. The highest BCUT2D eigenvalue weighted by Gasteiger charge is 2.45. The molecule has 5 rings (SSSR count). The van der Waals surface area contributed by atoms with Gasteiger partial charge in [0.15, 0.2) is 0 Å². The lowest BCUT2D eigenvalue weighted by Crippen LogP contribution is -2.62. The molecule has 0 aliphatic carbocycles. The van der Waals surface area contributed by atoms with Crippen LogP contribution >= 0.6 is 0 Å². The van der Waals surface area contributed by atoms with Crippen LogP contribution in [0, 0.1) is 23.7 Å². The predicted molar refractivity (Wildman–Crippen MR) is 284 cm³/mol. The molecular formula is C56H82N8O11. The van der Waals surface area contributed by atoms with Crippen molar-refractivity contribution in [2.75, 3.05) is 34.4 Å². The molecular weight excluding hydrogens is 961 g/mol. The second kappa shape index (κ2) is 25.6. The zero-order valence-corrected chi connectivity index (χ0v) is 46.2. The topological polar surface area (TPSA) is 253 Å². The van der Waals surface area contributed by atoms with Crippen LogP contribution in [0.1, 0.15) is 112 Å². The number of allylic oxidation sites excluding steroid dienone is 1. The lowest BCUT2D eigenvalue weighted by molar-refractivity contribution is -0.146. The van der Waals surface area contributed by atoms with Gasteiger partial charge in [-0.2, -0.15) is 0 Å². The number of rotatable bonds is 15. The first-order chi connectivity index (χ1) is 35.2. The van der Waals surface area contributed by atoms with Gasteiger partial charge >= 0.3 is 0 Å². The number of epoxide rings is 1. The molecule has 2 aromatic carbocycles. The molecule has 75 heavy (non-hydrogen) atoms. The molecule has 19 heteroatoms. The maximum absolute atomic E-state index is 15.4. The number of likely N-dealkylation sites (N-methyl/N-ethyl adjacent to an activating group) is 2. The van der Waals surface area contributed by atoms with Gasteiger partial charge in [0.25, 0.3) is 0 Å². The Morgan fingerprint density at radius 2 is 1.25 bits per heavy atom. The number of carbonyl (C=O) groups excluding carboxylic acids is 7. The monoisotopic (exact) mass is 1040 g/mol. The summed E-state index contributed by atoms with van der Waals surface area (Å²) >= 11 is 0. The van der Waals surface area contributed by atoms with E-state index in [1.54, 1.807) is 82.4 Å². The molecule has 2 aliphatic rings. The van der Waals surface area contributed by atoms with Gasteiger partial charge in [0.1, 0.15) is 60.6 Å². The highest BCUT2D eigenvalue weighted by molar-refractivity contribution is 5.99. The highest BCUT2D eigenvalue weighted by Crippen LogP contribution is 2.38. The Morgan fingerprint density at radius 1 is 0.733 bits per heavy atom. The highest BCUT2D eigenvalue weighted by atomic mass is 16.6. The van der Waals surface area contributed by atoms with E-state index in [1.807, 2.05) is 58.2 Å². The van der Waals surface area contributed by atoms with Crippen LogP contribution in [0.5, 0.6) is 0 Å². The quantitative estimate of drug-likeness (QED) is 0.0855. The summed E-state index contributed by atoms with van der Waals surface area (Å²) < 4.78 is 13.6. The van der Waals surface area contributed by atoms with Crippen LogP contribution in [-0.2, 0) is 48.6 Å². The summed E-state index contributed by atoms with van der Waals surface area (Å²) in [5, 5.41) is 37.7. The van der Waals surface area contributed by atoms with E-state index in [0.29, 0.717) is 17.6 Å². The third-order valence-electron chi connectivity index (χ3n) is 14.5. The second-order valence-corrected chi connectivity index (χ2v) is 22.1. The first-order valence-corrected chi connectivity index (χ1v) is 26.0. The van der Waals surface area contributed by atoms with Gasteiger partial charge in [-0.05, 0) is 76.8 Å². The van der Waals surface area contributed by atoms with E-state index in [2.05, 4.69) is 26.6 Å². The summed E-state index contributed by atoms with van der Waals surface area (Å²) in [5.74, 6) is -7.50. The number of aromatic nitrogens is 1. The summed E-state index contributed by atoms with van der Waals surface area (Å²) in [4.78, 5) is 106. The van der Waals surface area contributed by atoms with Gasteiger partial charge in [-0.15, -0.1) is 0 Å². The van der Waals surface area contributed by atoms with Gasteiger partial charge in [-0.3, -0.25) is 33.6 Å². The van der Waals surface area contributed by atoms with Crippen LogP contribution < -0.4 is 26.6 Å². The van der Waals surface area contributed by atoms with E-state index < -0.39 is 119 Å². The Hall–Kier alpha value is -6.15. The van der Waals surface area contributed by atoms with Gasteiger partial charge in [-0.1, -0.05) is 102 Å². The van der Waals surface area contributed by atoms with Crippen molar-refractivity contribution in [2.45, 2.75) is 155 Å². The van der Waals surface area contributed by atoms with Crippen LogP contribution in [0.25, 0.3) is 10.9 Å². The van der Waals surface area contributed by atoms with Crippen molar-refractivity contribution in [1.82, 2.24) is 41.0 Å². The summed E-state index contributed by atoms with van der Waals surface area (Å²) in [5.41, 5.74) is 1.72. The molecule has 3 heterocycles. The number of hydrogen-bond acceptors (Lipinski definition) is 11. The van der Waals surface area contributed by atoms with Gasteiger partial charge in [-0.25, -0.2) is 0 Å². The minimum absolute atomic E-state index is 0.124. The number of fused-ring (bicyclic) bond motifs is 1. The Labute approximate surface area is 441 Å². The average Bonchev–Trinajstić information content (AvgIpc) is 4.16. The number of amides is 7. The number of benzene rings is 2. The van der Waals surface area contributed by atoms with Gasteiger partial charge in [0.05, 0.1) is 12.1 Å². The molecule has 1 aromatic heterocycles. The molecule has 2 aliphatic heterocycles. The zero-order valence-electron chi connectivity index (χ0n) is 46.2. The Morgan fingerprint density at radius 3 is 1.81 bits per heavy atom.